The summed E-state index contributed by atoms with van der Waals surface area (Å²) in [5, 5.41) is 6.89. The summed E-state index contributed by atoms with van der Waals surface area (Å²) in [4.78, 5) is 9.79. The van der Waals surface area contributed by atoms with Crippen LogP contribution in [0.25, 0.3) is 0 Å². The van der Waals surface area contributed by atoms with E-state index in [1.165, 1.54) is 38.6 Å². The number of nitrogens with zero attached hydrogens (tertiary/aromatic N) is 3. The molecule has 0 aliphatic carbocycles. The lowest BCUT2D eigenvalue weighted by atomic mass is 10.0. The molecule has 2 N–H and O–H groups in total. The molecule has 1 saturated heterocycles. The molecule has 1 aliphatic heterocycles. The van der Waals surface area contributed by atoms with Crippen molar-refractivity contribution in [1.82, 2.24) is 20.4 Å². The highest BCUT2D eigenvalue weighted by Gasteiger charge is 2.19. The second-order valence-electron chi connectivity index (χ2n) is 7.56. The van der Waals surface area contributed by atoms with Crippen LogP contribution in [0.4, 0.5) is 0 Å². The average Bonchev–Trinajstić information content (AvgIpc) is 2.61. The monoisotopic (exact) mass is 481 g/mol. The number of piperidine rings is 1. The molecule has 1 fully saturated rings. The van der Waals surface area contributed by atoms with Gasteiger partial charge in [-0.3, -0.25) is 9.89 Å². The van der Waals surface area contributed by atoms with Gasteiger partial charge in [-0.15, -0.1) is 24.0 Å². The summed E-state index contributed by atoms with van der Waals surface area (Å²) in [6, 6.07) is 1.41. The van der Waals surface area contributed by atoms with Crippen LogP contribution >= 0.6 is 24.0 Å². The average molecular weight is 482 g/mol. The van der Waals surface area contributed by atoms with Gasteiger partial charge in [0.05, 0.1) is 0 Å². The zero-order valence-electron chi connectivity index (χ0n) is 17.9. The van der Waals surface area contributed by atoms with Crippen molar-refractivity contribution in [1.29, 1.82) is 0 Å². The van der Waals surface area contributed by atoms with Gasteiger partial charge in [0.2, 0.25) is 0 Å². The van der Waals surface area contributed by atoms with Gasteiger partial charge in [-0.1, -0.05) is 13.3 Å². The highest BCUT2D eigenvalue weighted by atomic mass is 127. The topological polar surface area (TPSA) is 42.9 Å². The fraction of sp³-hybridized carbons (Fsp3) is 0.950. The number of guanidine groups is 1. The van der Waals surface area contributed by atoms with Gasteiger partial charge in [0.1, 0.15) is 0 Å². The van der Waals surface area contributed by atoms with E-state index in [1.807, 2.05) is 0 Å². The van der Waals surface area contributed by atoms with Crippen LogP contribution in [0.1, 0.15) is 66.2 Å². The van der Waals surface area contributed by atoms with Crippen molar-refractivity contribution in [2.24, 2.45) is 4.99 Å². The van der Waals surface area contributed by atoms with Gasteiger partial charge in [0.15, 0.2) is 5.96 Å². The molecule has 0 bridgehead atoms. The quantitative estimate of drug-likeness (QED) is 0.205. The van der Waals surface area contributed by atoms with E-state index < -0.39 is 0 Å². The van der Waals surface area contributed by atoms with Crippen LogP contribution in [0, 0.1) is 0 Å². The molecule has 156 valence electrons. The van der Waals surface area contributed by atoms with Gasteiger partial charge in [0, 0.05) is 38.3 Å². The van der Waals surface area contributed by atoms with Crippen molar-refractivity contribution in [3.05, 3.63) is 0 Å². The number of nitrogens with one attached hydrogen (secondary N) is 2. The first-order valence-electron chi connectivity index (χ1n) is 10.5. The summed E-state index contributed by atoms with van der Waals surface area (Å²) < 4.78 is 0. The third-order valence-corrected chi connectivity index (χ3v) is 5.33. The van der Waals surface area contributed by atoms with Crippen LogP contribution in [0.5, 0.6) is 0 Å². The van der Waals surface area contributed by atoms with Crippen molar-refractivity contribution in [3.63, 3.8) is 0 Å². The smallest absolute Gasteiger partial charge is 0.191 e. The normalized spacial score (nSPS) is 18.9. The second kappa shape index (κ2) is 15.9. The SMILES string of the molecule is CCNC(=NCCCCN(C)C(C)C)NCCN1CCCCC1CC.I. The lowest BCUT2D eigenvalue weighted by Crippen LogP contribution is -2.46. The molecule has 0 aromatic rings. The highest BCUT2D eigenvalue weighted by Crippen LogP contribution is 2.18. The van der Waals surface area contributed by atoms with Crippen molar-refractivity contribution in [2.45, 2.75) is 78.3 Å². The maximum Gasteiger partial charge on any atom is 0.191 e. The zero-order chi connectivity index (χ0) is 18.5. The molecule has 1 rings (SSSR count). The van der Waals surface area contributed by atoms with Gasteiger partial charge in [0.25, 0.3) is 0 Å². The number of halogens is 1. The van der Waals surface area contributed by atoms with E-state index in [1.54, 1.807) is 0 Å². The first kappa shape index (κ1) is 25.9. The number of hydrogen-bond acceptors (Lipinski definition) is 3. The third-order valence-electron chi connectivity index (χ3n) is 5.33. The first-order chi connectivity index (χ1) is 12.1. The van der Waals surface area contributed by atoms with Crippen LogP contribution in [-0.4, -0.2) is 74.2 Å². The summed E-state index contributed by atoms with van der Waals surface area (Å²) in [5.74, 6) is 0.977. The van der Waals surface area contributed by atoms with Gasteiger partial charge in [-0.2, -0.15) is 0 Å². The standard InChI is InChI=1S/C20H43N5.HI/c1-6-19-12-8-10-16-25(19)17-14-23-20(21-7-2)22-13-9-11-15-24(5)18(3)4;/h18-19H,6-17H2,1-5H3,(H2,21,22,23);1H. The summed E-state index contributed by atoms with van der Waals surface area (Å²) >= 11 is 0. The maximum absolute atomic E-state index is 4.73. The first-order valence-corrected chi connectivity index (χ1v) is 10.5. The van der Waals surface area contributed by atoms with Gasteiger partial charge < -0.3 is 15.5 Å². The van der Waals surface area contributed by atoms with Crippen LogP contribution in [0.2, 0.25) is 0 Å². The predicted molar refractivity (Wildman–Crippen MR) is 126 cm³/mol. The van der Waals surface area contributed by atoms with Crippen molar-refractivity contribution >= 4 is 29.9 Å². The number of rotatable bonds is 11. The number of likely N-dealkylation sites (tertiary alicyclic amines) is 1. The fourth-order valence-electron chi connectivity index (χ4n) is 3.40. The minimum atomic E-state index is 0. The van der Waals surface area contributed by atoms with E-state index in [0.717, 1.165) is 51.1 Å². The molecule has 6 heteroatoms. The van der Waals surface area contributed by atoms with Crippen LogP contribution < -0.4 is 10.6 Å². The third kappa shape index (κ3) is 10.9. The molecule has 0 spiro atoms. The molecule has 0 radical (unpaired) electrons. The van der Waals surface area contributed by atoms with Gasteiger partial charge >= 0.3 is 0 Å². The Morgan fingerprint density at radius 3 is 2.62 bits per heavy atom. The van der Waals surface area contributed by atoms with E-state index in [4.69, 9.17) is 4.99 Å². The molecule has 5 nitrogen and oxygen atoms in total. The molecule has 0 aromatic carbocycles. The maximum atomic E-state index is 4.73. The zero-order valence-corrected chi connectivity index (χ0v) is 20.2. The summed E-state index contributed by atoms with van der Waals surface area (Å²) in [7, 11) is 2.20. The van der Waals surface area contributed by atoms with Crippen molar-refractivity contribution in [2.75, 3.05) is 46.3 Å². The van der Waals surface area contributed by atoms with E-state index in [2.05, 4.69) is 55.2 Å². The number of unbranched alkanes of at least 4 members (excludes halogenated alkanes) is 1. The van der Waals surface area contributed by atoms with E-state index in [9.17, 15) is 0 Å². The lowest BCUT2D eigenvalue weighted by molar-refractivity contribution is 0.147. The Bertz CT molecular complexity index is 362. The number of aliphatic imine (C=N–C) groups is 1. The minimum absolute atomic E-state index is 0. The van der Waals surface area contributed by atoms with Crippen LogP contribution in [0.15, 0.2) is 4.99 Å². The minimum Gasteiger partial charge on any atom is -0.357 e. The van der Waals surface area contributed by atoms with Crippen molar-refractivity contribution in [3.8, 4) is 0 Å². The second-order valence-corrected chi connectivity index (χ2v) is 7.56. The van der Waals surface area contributed by atoms with Crippen LogP contribution in [0.3, 0.4) is 0 Å². The van der Waals surface area contributed by atoms with Crippen molar-refractivity contribution < 1.29 is 0 Å². The van der Waals surface area contributed by atoms with Gasteiger partial charge in [-0.25, -0.2) is 0 Å². The molecule has 1 atom stereocenters. The molecular weight excluding hydrogens is 437 g/mol. The Hall–Kier alpha value is -0.0800. The molecule has 0 saturated carbocycles. The molecular formula is C20H44IN5. The molecule has 0 amide bonds. The van der Waals surface area contributed by atoms with Gasteiger partial charge in [-0.05, 0) is 73.0 Å². The van der Waals surface area contributed by atoms with E-state index in [0.29, 0.717) is 6.04 Å². The molecule has 1 unspecified atom stereocenters. The summed E-state index contributed by atoms with van der Waals surface area (Å²) in [6.45, 7) is 15.3. The Kier molecular flexibility index (Phi) is 15.9. The molecule has 0 aromatic heterocycles. The fourth-order valence-corrected chi connectivity index (χ4v) is 3.40. The Morgan fingerprint density at radius 2 is 1.96 bits per heavy atom. The van der Waals surface area contributed by atoms with E-state index in [-0.39, 0.29) is 24.0 Å². The van der Waals surface area contributed by atoms with E-state index >= 15 is 0 Å². The Labute approximate surface area is 179 Å². The predicted octanol–water partition coefficient (Wildman–Crippen LogP) is 3.54. The summed E-state index contributed by atoms with van der Waals surface area (Å²) in [5.41, 5.74) is 0. The molecule has 1 heterocycles. The number of hydrogen-bond donors (Lipinski definition) is 2. The lowest BCUT2D eigenvalue weighted by Gasteiger charge is -2.35. The molecule has 1 aliphatic rings. The summed E-state index contributed by atoms with van der Waals surface area (Å²) in [6.07, 6.45) is 7.77. The highest BCUT2D eigenvalue weighted by molar-refractivity contribution is 14.0. The molecule has 26 heavy (non-hydrogen) atoms. The Balaban J connectivity index is 0.00000625. The Morgan fingerprint density at radius 1 is 1.19 bits per heavy atom. The largest absolute Gasteiger partial charge is 0.357 e. The van der Waals surface area contributed by atoms with Crippen LogP contribution in [-0.2, 0) is 0 Å².